The van der Waals surface area contributed by atoms with E-state index in [0.717, 1.165) is 6.42 Å². The van der Waals surface area contributed by atoms with Gasteiger partial charge in [0.2, 0.25) is 0 Å². The summed E-state index contributed by atoms with van der Waals surface area (Å²) in [5, 5.41) is 8.89. The van der Waals surface area contributed by atoms with Crippen LogP contribution in [0.5, 0.6) is 0 Å². The molecule has 2 atom stereocenters. The Balaban J connectivity index is 2.10. The summed E-state index contributed by atoms with van der Waals surface area (Å²) >= 11 is 2.31. The van der Waals surface area contributed by atoms with Crippen molar-refractivity contribution in [3.63, 3.8) is 0 Å². The van der Waals surface area contributed by atoms with Crippen LogP contribution in [-0.4, -0.2) is 11.7 Å². The summed E-state index contributed by atoms with van der Waals surface area (Å²) in [6.07, 6.45) is 1.16. The first-order chi connectivity index (χ1) is 5.81. The van der Waals surface area contributed by atoms with Crippen molar-refractivity contribution >= 4 is 22.6 Å². The molecule has 1 aromatic rings. The van der Waals surface area contributed by atoms with Crippen molar-refractivity contribution in [1.29, 1.82) is 0 Å². The zero-order valence-electron chi connectivity index (χ0n) is 6.70. The second-order valence-corrected chi connectivity index (χ2v) is 4.58. The third-order valence-electron chi connectivity index (χ3n) is 2.46. The molecule has 0 heterocycles. The van der Waals surface area contributed by atoms with Gasteiger partial charge in [-0.25, -0.2) is 0 Å². The quantitative estimate of drug-likeness (QED) is 0.821. The lowest BCUT2D eigenvalue weighted by Gasteiger charge is -1.98. The van der Waals surface area contributed by atoms with Gasteiger partial charge in [0.1, 0.15) is 0 Å². The van der Waals surface area contributed by atoms with Crippen LogP contribution in [0.15, 0.2) is 24.3 Å². The Bertz CT molecular complexity index is 268. The molecule has 0 bridgehead atoms. The monoisotopic (exact) mass is 274 g/mol. The fourth-order valence-electron chi connectivity index (χ4n) is 1.57. The van der Waals surface area contributed by atoms with E-state index in [0.29, 0.717) is 18.4 Å². The zero-order chi connectivity index (χ0) is 8.55. The smallest absolute Gasteiger partial charge is 0.0465 e. The number of aliphatic hydroxyl groups is 1. The molecule has 2 rings (SSSR count). The first kappa shape index (κ1) is 8.51. The van der Waals surface area contributed by atoms with Gasteiger partial charge in [-0.2, -0.15) is 0 Å². The molecule has 0 radical (unpaired) electrons. The van der Waals surface area contributed by atoms with Crippen molar-refractivity contribution in [3.05, 3.63) is 33.4 Å². The van der Waals surface area contributed by atoms with Crippen LogP contribution in [0.4, 0.5) is 0 Å². The second-order valence-electron chi connectivity index (χ2n) is 3.34. The summed E-state index contributed by atoms with van der Waals surface area (Å²) in [6, 6.07) is 8.59. The lowest BCUT2D eigenvalue weighted by Crippen LogP contribution is -1.88. The predicted molar refractivity (Wildman–Crippen MR) is 57.1 cm³/mol. The molecule has 1 nitrogen and oxygen atoms in total. The van der Waals surface area contributed by atoms with E-state index in [9.17, 15) is 0 Å². The summed E-state index contributed by atoms with van der Waals surface area (Å²) in [5.41, 5.74) is 1.38. The van der Waals surface area contributed by atoms with Crippen molar-refractivity contribution in [2.45, 2.75) is 12.3 Å². The Kier molecular flexibility index (Phi) is 2.37. The van der Waals surface area contributed by atoms with Crippen LogP contribution in [-0.2, 0) is 0 Å². The molecule has 0 saturated heterocycles. The summed E-state index contributed by atoms with van der Waals surface area (Å²) < 4.78 is 1.28. The van der Waals surface area contributed by atoms with Gasteiger partial charge in [0, 0.05) is 10.2 Å². The number of halogens is 1. The fourth-order valence-corrected chi connectivity index (χ4v) is 1.93. The average molecular weight is 274 g/mol. The second kappa shape index (κ2) is 3.34. The predicted octanol–water partition coefficient (Wildman–Crippen LogP) is 2.39. The normalized spacial score (nSPS) is 27.2. The van der Waals surface area contributed by atoms with Crippen LogP contribution >= 0.6 is 22.6 Å². The topological polar surface area (TPSA) is 20.2 Å². The lowest BCUT2D eigenvalue weighted by molar-refractivity contribution is 0.274. The summed E-state index contributed by atoms with van der Waals surface area (Å²) in [5.74, 6) is 1.16. The summed E-state index contributed by atoms with van der Waals surface area (Å²) in [6.45, 7) is 0.344. The number of rotatable bonds is 2. The van der Waals surface area contributed by atoms with Gasteiger partial charge in [0.15, 0.2) is 0 Å². The molecule has 64 valence electrons. The van der Waals surface area contributed by atoms with Crippen LogP contribution in [0.25, 0.3) is 0 Å². The minimum Gasteiger partial charge on any atom is -0.396 e. The Morgan fingerprint density at radius 2 is 2.00 bits per heavy atom. The Morgan fingerprint density at radius 3 is 2.50 bits per heavy atom. The molecule has 1 aromatic carbocycles. The molecule has 2 heteroatoms. The number of hydrogen-bond donors (Lipinski definition) is 1. The Hall–Kier alpha value is -0.0900. The van der Waals surface area contributed by atoms with E-state index in [1.807, 2.05) is 0 Å². The van der Waals surface area contributed by atoms with Crippen molar-refractivity contribution in [2.24, 2.45) is 5.92 Å². The first-order valence-corrected chi connectivity index (χ1v) is 5.25. The van der Waals surface area contributed by atoms with Gasteiger partial charge in [-0.3, -0.25) is 0 Å². The van der Waals surface area contributed by atoms with Gasteiger partial charge < -0.3 is 5.11 Å². The third kappa shape index (κ3) is 1.64. The zero-order valence-corrected chi connectivity index (χ0v) is 8.86. The van der Waals surface area contributed by atoms with Gasteiger partial charge in [-0.15, -0.1) is 0 Å². The van der Waals surface area contributed by atoms with Gasteiger partial charge >= 0.3 is 0 Å². The van der Waals surface area contributed by atoms with Gasteiger partial charge in [0.05, 0.1) is 0 Å². The molecule has 12 heavy (non-hydrogen) atoms. The standard InChI is InChI=1S/C10H11IO/c11-9-3-1-7(2-4-9)10-5-8(10)6-12/h1-4,8,10,12H,5-6H2/t8?,10-/m0/s1. The molecular formula is C10H11IO. The van der Waals surface area contributed by atoms with Gasteiger partial charge in [-0.1, -0.05) is 12.1 Å². The van der Waals surface area contributed by atoms with E-state index < -0.39 is 0 Å². The minimum absolute atomic E-state index is 0.344. The average Bonchev–Trinajstić information content (AvgIpc) is 2.85. The molecule has 1 fully saturated rings. The van der Waals surface area contributed by atoms with E-state index in [-0.39, 0.29) is 0 Å². The van der Waals surface area contributed by atoms with E-state index in [2.05, 4.69) is 46.9 Å². The van der Waals surface area contributed by atoms with Crippen LogP contribution in [0.3, 0.4) is 0 Å². The molecular weight excluding hydrogens is 263 g/mol. The highest BCUT2D eigenvalue weighted by atomic mass is 127. The maximum atomic E-state index is 8.89. The summed E-state index contributed by atoms with van der Waals surface area (Å²) in [4.78, 5) is 0. The lowest BCUT2D eigenvalue weighted by atomic mass is 10.1. The molecule has 1 aliphatic rings. The third-order valence-corrected chi connectivity index (χ3v) is 3.17. The van der Waals surface area contributed by atoms with E-state index in [4.69, 9.17) is 5.11 Å². The molecule has 1 saturated carbocycles. The minimum atomic E-state index is 0.344. The molecule has 1 N–H and O–H groups in total. The SMILES string of the molecule is OCC1C[C@H]1c1ccc(I)cc1. The number of benzene rings is 1. The fraction of sp³-hybridized carbons (Fsp3) is 0.400. The molecule has 0 aromatic heterocycles. The van der Waals surface area contributed by atoms with Crippen molar-refractivity contribution < 1.29 is 5.11 Å². The van der Waals surface area contributed by atoms with Crippen LogP contribution in [0.1, 0.15) is 17.9 Å². The summed E-state index contributed by atoms with van der Waals surface area (Å²) in [7, 11) is 0. The van der Waals surface area contributed by atoms with Crippen LogP contribution < -0.4 is 0 Å². The van der Waals surface area contributed by atoms with Crippen LogP contribution in [0, 0.1) is 9.49 Å². The molecule has 1 unspecified atom stereocenters. The van der Waals surface area contributed by atoms with E-state index >= 15 is 0 Å². The van der Waals surface area contributed by atoms with Crippen LogP contribution in [0.2, 0.25) is 0 Å². The Labute approximate surface area is 85.9 Å². The molecule has 0 amide bonds. The Morgan fingerprint density at radius 1 is 1.33 bits per heavy atom. The maximum Gasteiger partial charge on any atom is 0.0465 e. The van der Waals surface area contributed by atoms with Crippen molar-refractivity contribution in [3.8, 4) is 0 Å². The highest BCUT2D eigenvalue weighted by Crippen LogP contribution is 2.46. The maximum absolute atomic E-state index is 8.89. The molecule has 0 aliphatic heterocycles. The highest BCUT2D eigenvalue weighted by molar-refractivity contribution is 14.1. The molecule has 0 spiro atoms. The van der Waals surface area contributed by atoms with E-state index in [1.54, 1.807) is 0 Å². The molecule has 1 aliphatic carbocycles. The number of aliphatic hydroxyl groups excluding tert-OH is 1. The van der Waals surface area contributed by atoms with E-state index in [1.165, 1.54) is 9.13 Å². The largest absolute Gasteiger partial charge is 0.396 e. The van der Waals surface area contributed by atoms with Gasteiger partial charge in [0.25, 0.3) is 0 Å². The van der Waals surface area contributed by atoms with Gasteiger partial charge in [-0.05, 0) is 58.5 Å². The number of hydrogen-bond acceptors (Lipinski definition) is 1. The van der Waals surface area contributed by atoms with Crippen molar-refractivity contribution in [1.82, 2.24) is 0 Å². The van der Waals surface area contributed by atoms with Crippen molar-refractivity contribution in [2.75, 3.05) is 6.61 Å². The first-order valence-electron chi connectivity index (χ1n) is 4.17. The highest BCUT2D eigenvalue weighted by Gasteiger charge is 2.37.